The molecule has 0 fully saturated rings. The van der Waals surface area contributed by atoms with Crippen molar-refractivity contribution in [3.05, 3.63) is 51.1 Å². The summed E-state index contributed by atoms with van der Waals surface area (Å²) >= 11 is 0. The Hall–Kier alpha value is -3.92. The summed E-state index contributed by atoms with van der Waals surface area (Å²) in [6.45, 7) is 0. The van der Waals surface area contributed by atoms with E-state index >= 15 is 0 Å². The largest absolute Gasteiger partial charge is 0.464 e. The molecule has 2 aromatic rings. The predicted molar refractivity (Wildman–Crippen MR) is 77.6 cm³/mol. The first-order valence-corrected chi connectivity index (χ1v) is 6.23. The van der Waals surface area contributed by atoms with Crippen LogP contribution in [-0.4, -0.2) is 22.6 Å². The summed E-state index contributed by atoms with van der Waals surface area (Å²) in [4.78, 5) is 22.3. The van der Waals surface area contributed by atoms with Crippen LogP contribution in [-0.2, 0) is 4.74 Å². The molecule has 0 aliphatic heterocycles. The number of nitriles is 2. The van der Waals surface area contributed by atoms with Gasteiger partial charge in [0.2, 0.25) is 0 Å². The number of carbonyl (C=O) groups is 1. The number of hydrogen-bond acceptors (Lipinski definition) is 7. The zero-order valence-corrected chi connectivity index (χ0v) is 12.1. The summed E-state index contributed by atoms with van der Waals surface area (Å²) in [5.74, 6) is -1.99. The highest BCUT2D eigenvalue weighted by Gasteiger charge is 2.27. The van der Waals surface area contributed by atoms with Crippen molar-refractivity contribution in [3.63, 3.8) is 0 Å². The highest BCUT2D eigenvalue weighted by Crippen LogP contribution is 2.31. The second-order valence-electron chi connectivity index (χ2n) is 4.47. The summed E-state index contributed by atoms with van der Waals surface area (Å²) in [5, 5.41) is 29.1. The fourth-order valence-corrected chi connectivity index (χ4v) is 2.08. The van der Waals surface area contributed by atoms with Crippen LogP contribution in [0.2, 0.25) is 0 Å². The molecule has 2 rings (SSSR count). The van der Waals surface area contributed by atoms with Crippen LogP contribution in [0.3, 0.4) is 0 Å². The third kappa shape index (κ3) is 2.48. The van der Waals surface area contributed by atoms with Gasteiger partial charge in [0.15, 0.2) is 5.69 Å². The van der Waals surface area contributed by atoms with Gasteiger partial charge < -0.3 is 15.0 Å². The molecule has 24 heavy (non-hydrogen) atoms. The van der Waals surface area contributed by atoms with Gasteiger partial charge in [-0.3, -0.25) is 10.1 Å². The molecule has 9 nitrogen and oxygen atoms in total. The number of nitro groups is 1. The van der Waals surface area contributed by atoms with E-state index in [-0.39, 0.29) is 22.6 Å². The van der Waals surface area contributed by atoms with Crippen LogP contribution in [0.1, 0.15) is 21.6 Å². The van der Waals surface area contributed by atoms with E-state index < -0.39 is 28.0 Å². The summed E-state index contributed by atoms with van der Waals surface area (Å²) < 4.78 is 19.4. The van der Waals surface area contributed by atoms with E-state index in [0.717, 1.165) is 23.9 Å². The first kappa shape index (κ1) is 16.5. The molecule has 120 valence electrons. The minimum atomic E-state index is -1.03. The lowest BCUT2D eigenvalue weighted by Gasteiger charge is -2.09. The number of nitrogens with zero attached hydrogens (tertiary/aromatic N) is 4. The van der Waals surface area contributed by atoms with Gasteiger partial charge in [0, 0.05) is 18.3 Å². The van der Waals surface area contributed by atoms with E-state index in [1.807, 2.05) is 0 Å². The van der Waals surface area contributed by atoms with Gasteiger partial charge in [-0.25, -0.2) is 9.18 Å². The standard InChI is InChI=1S/C14H8FN5O4/c1-24-14(21)13-12(18)8(5-17)6-19(13)10-3-9(15)7(4-16)2-11(10)20(22)23/h2-3,6H,18H2,1H3. The molecule has 1 heterocycles. The van der Waals surface area contributed by atoms with Gasteiger partial charge in [-0.15, -0.1) is 0 Å². The maximum Gasteiger partial charge on any atom is 0.357 e. The lowest BCUT2D eigenvalue weighted by Crippen LogP contribution is -2.12. The van der Waals surface area contributed by atoms with Crippen molar-refractivity contribution >= 4 is 17.3 Å². The van der Waals surface area contributed by atoms with Crippen molar-refractivity contribution in [2.75, 3.05) is 12.8 Å². The number of halogens is 1. The molecule has 0 saturated carbocycles. The molecule has 0 bridgehead atoms. The summed E-state index contributed by atoms with van der Waals surface area (Å²) in [7, 11) is 1.05. The van der Waals surface area contributed by atoms with Crippen LogP contribution < -0.4 is 5.73 Å². The Kier molecular flexibility index (Phi) is 4.15. The predicted octanol–water partition coefficient (Wildman–Crippen LogP) is 1.64. The molecule has 0 radical (unpaired) electrons. The summed E-state index contributed by atoms with van der Waals surface area (Å²) in [6, 6.07) is 4.65. The van der Waals surface area contributed by atoms with Gasteiger partial charge in [-0.05, 0) is 0 Å². The molecule has 1 aromatic carbocycles. The van der Waals surface area contributed by atoms with Gasteiger partial charge >= 0.3 is 5.97 Å². The lowest BCUT2D eigenvalue weighted by molar-refractivity contribution is -0.384. The number of nitrogen functional groups attached to an aromatic ring is 1. The molecule has 2 N–H and O–H groups in total. The molecule has 0 aliphatic rings. The van der Waals surface area contributed by atoms with E-state index in [0.29, 0.717) is 6.07 Å². The fourth-order valence-electron chi connectivity index (χ4n) is 2.08. The molecule has 0 spiro atoms. The van der Waals surface area contributed by atoms with Crippen LogP contribution in [0.25, 0.3) is 5.69 Å². The average Bonchev–Trinajstić information content (AvgIpc) is 2.90. The van der Waals surface area contributed by atoms with E-state index in [9.17, 15) is 19.3 Å². The number of aromatic nitrogens is 1. The molecule has 1 aromatic heterocycles. The first-order valence-electron chi connectivity index (χ1n) is 6.23. The van der Waals surface area contributed by atoms with E-state index in [1.165, 1.54) is 6.07 Å². The Morgan fingerprint density at radius 3 is 2.50 bits per heavy atom. The number of anilines is 1. The van der Waals surface area contributed by atoms with Crippen molar-refractivity contribution in [2.24, 2.45) is 0 Å². The minimum Gasteiger partial charge on any atom is -0.464 e. The van der Waals surface area contributed by atoms with E-state index in [2.05, 4.69) is 4.74 Å². The minimum absolute atomic E-state index is 0.144. The smallest absolute Gasteiger partial charge is 0.357 e. The number of methoxy groups -OCH3 is 1. The second-order valence-corrected chi connectivity index (χ2v) is 4.47. The zero-order chi connectivity index (χ0) is 18.0. The summed E-state index contributed by atoms with van der Waals surface area (Å²) in [5.41, 5.74) is 3.38. The van der Waals surface area contributed by atoms with E-state index in [1.54, 1.807) is 6.07 Å². The molecule has 0 amide bonds. The van der Waals surface area contributed by atoms with Crippen molar-refractivity contribution in [2.45, 2.75) is 0 Å². The van der Waals surface area contributed by atoms with Crippen LogP contribution >= 0.6 is 0 Å². The van der Waals surface area contributed by atoms with Crippen LogP contribution in [0.5, 0.6) is 0 Å². The number of nitrogens with two attached hydrogens (primary N) is 1. The van der Waals surface area contributed by atoms with Gasteiger partial charge in [0.05, 0.1) is 28.8 Å². The van der Waals surface area contributed by atoms with Crippen molar-refractivity contribution in [1.82, 2.24) is 4.57 Å². The van der Waals surface area contributed by atoms with E-state index in [4.69, 9.17) is 16.3 Å². The van der Waals surface area contributed by atoms with Gasteiger partial charge in [-0.1, -0.05) is 0 Å². The molecular weight excluding hydrogens is 321 g/mol. The number of hydrogen-bond donors (Lipinski definition) is 1. The fraction of sp³-hybridized carbons (Fsp3) is 0.0714. The van der Waals surface area contributed by atoms with Crippen molar-refractivity contribution in [1.29, 1.82) is 10.5 Å². The third-order valence-corrected chi connectivity index (χ3v) is 3.18. The van der Waals surface area contributed by atoms with Gasteiger partial charge in [0.1, 0.15) is 23.6 Å². The number of esters is 1. The monoisotopic (exact) mass is 329 g/mol. The van der Waals surface area contributed by atoms with Crippen LogP contribution in [0.15, 0.2) is 18.3 Å². The first-order chi connectivity index (χ1) is 11.3. The molecule has 0 saturated heterocycles. The molecule has 0 unspecified atom stereocenters. The quantitative estimate of drug-likeness (QED) is 0.511. The normalized spacial score (nSPS) is 9.83. The average molecular weight is 329 g/mol. The highest BCUT2D eigenvalue weighted by atomic mass is 19.1. The maximum absolute atomic E-state index is 13.9. The Labute approximate surface area is 134 Å². The van der Waals surface area contributed by atoms with Gasteiger partial charge in [-0.2, -0.15) is 10.5 Å². The summed E-state index contributed by atoms with van der Waals surface area (Å²) in [6.07, 6.45) is 1.05. The molecule has 0 aliphatic carbocycles. The Bertz CT molecular complexity index is 952. The number of carbonyl (C=O) groups excluding carboxylic acids is 1. The number of benzene rings is 1. The van der Waals surface area contributed by atoms with Crippen LogP contribution in [0.4, 0.5) is 15.8 Å². The molecule has 10 heteroatoms. The topological polar surface area (TPSA) is 148 Å². The van der Waals surface area contributed by atoms with Crippen LogP contribution in [0, 0.1) is 38.6 Å². The molecule has 0 atom stereocenters. The van der Waals surface area contributed by atoms with Gasteiger partial charge in [0.25, 0.3) is 5.69 Å². The Balaban J connectivity index is 2.90. The lowest BCUT2D eigenvalue weighted by atomic mass is 10.1. The molecular formula is C14H8FN5O4. The number of ether oxygens (including phenoxy) is 1. The Morgan fingerprint density at radius 1 is 1.38 bits per heavy atom. The second kappa shape index (κ2) is 6.06. The number of nitro benzene ring substituents is 1. The van der Waals surface area contributed by atoms with Crippen molar-refractivity contribution < 1.29 is 18.8 Å². The Morgan fingerprint density at radius 2 is 2.00 bits per heavy atom. The maximum atomic E-state index is 13.9. The van der Waals surface area contributed by atoms with Crippen molar-refractivity contribution in [3.8, 4) is 17.8 Å². The number of rotatable bonds is 3. The zero-order valence-electron chi connectivity index (χ0n) is 12.1. The third-order valence-electron chi connectivity index (χ3n) is 3.18. The highest BCUT2D eigenvalue weighted by molar-refractivity contribution is 5.96. The SMILES string of the molecule is COC(=O)c1c(N)c(C#N)cn1-c1cc(F)c(C#N)cc1[N+](=O)[O-].